The second-order valence-corrected chi connectivity index (χ2v) is 4.23. The van der Waals surface area contributed by atoms with Crippen molar-refractivity contribution in [1.82, 2.24) is 14.9 Å². The second kappa shape index (κ2) is 6.15. The minimum atomic E-state index is -0.881. The molecule has 0 aliphatic heterocycles. The van der Waals surface area contributed by atoms with Crippen molar-refractivity contribution in [3.63, 3.8) is 0 Å². The summed E-state index contributed by atoms with van der Waals surface area (Å²) in [6.45, 7) is 3.32. The van der Waals surface area contributed by atoms with Gasteiger partial charge < -0.3 is 9.67 Å². The Labute approximate surface area is 111 Å². The van der Waals surface area contributed by atoms with Crippen LogP contribution in [0.2, 0.25) is 0 Å². The van der Waals surface area contributed by atoms with E-state index in [1.165, 1.54) is 0 Å². The molecule has 5 heteroatoms. The molecule has 0 saturated carbocycles. The Morgan fingerprint density at radius 2 is 2.16 bits per heavy atom. The van der Waals surface area contributed by atoms with Gasteiger partial charge in [0.25, 0.3) is 0 Å². The third kappa shape index (κ3) is 3.20. The number of imidazole rings is 1. The van der Waals surface area contributed by atoms with Gasteiger partial charge in [-0.05, 0) is 12.5 Å². The largest absolute Gasteiger partial charge is 0.480 e. The summed E-state index contributed by atoms with van der Waals surface area (Å²) in [5.41, 5.74) is 1.72. The van der Waals surface area contributed by atoms with Crippen LogP contribution in [0.5, 0.6) is 0 Å². The van der Waals surface area contributed by atoms with E-state index in [4.69, 9.17) is 0 Å². The number of rotatable bonds is 6. The van der Waals surface area contributed by atoms with Crippen molar-refractivity contribution in [2.75, 3.05) is 0 Å². The number of carboxylic acids is 1. The molecule has 2 N–H and O–H groups in total. The summed E-state index contributed by atoms with van der Waals surface area (Å²) >= 11 is 0. The maximum atomic E-state index is 11.3. The lowest BCUT2D eigenvalue weighted by Crippen LogP contribution is -2.28. The van der Waals surface area contributed by atoms with Crippen LogP contribution in [-0.2, 0) is 17.9 Å². The zero-order valence-corrected chi connectivity index (χ0v) is 10.8. The predicted molar refractivity (Wildman–Crippen MR) is 71.6 cm³/mol. The van der Waals surface area contributed by atoms with Gasteiger partial charge in [0, 0.05) is 19.3 Å². The van der Waals surface area contributed by atoms with Crippen molar-refractivity contribution in [3.05, 3.63) is 54.1 Å². The molecule has 1 aromatic heterocycles. The minimum Gasteiger partial charge on any atom is -0.480 e. The molecule has 19 heavy (non-hydrogen) atoms. The molecule has 0 amide bonds. The highest BCUT2D eigenvalue weighted by molar-refractivity contribution is 5.75. The van der Waals surface area contributed by atoms with E-state index in [2.05, 4.69) is 10.3 Å². The maximum Gasteiger partial charge on any atom is 0.325 e. The zero-order valence-electron chi connectivity index (χ0n) is 10.8. The van der Waals surface area contributed by atoms with Gasteiger partial charge in [-0.1, -0.05) is 30.3 Å². The zero-order chi connectivity index (χ0) is 13.7. The van der Waals surface area contributed by atoms with Crippen LogP contribution < -0.4 is 5.32 Å². The highest BCUT2D eigenvalue weighted by Gasteiger charge is 2.19. The van der Waals surface area contributed by atoms with Gasteiger partial charge in [0.05, 0.1) is 12.0 Å². The number of nitrogens with one attached hydrogen (secondary N) is 1. The summed E-state index contributed by atoms with van der Waals surface area (Å²) in [4.78, 5) is 15.4. The van der Waals surface area contributed by atoms with Crippen LogP contribution >= 0.6 is 0 Å². The molecule has 0 radical (unpaired) electrons. The van der Waals surface area contributed by atoms with E-state index >= 15 is 0 Å². The summed E-state index contributed by atoms with van der Waals surface area (Å²) in [6.07, 6.45) is 3.50. The number of benzene rings is 1. The highest BCUT2D eigenvalue weighted by atomic mass is 16.4. The first-order valence-corrected chi connectivity index (χ1v) is 6.22. The normalized spacial score (nSPS) is 12.3. The van der Waals surface area contributed by atoms with Crippen LogP contribution in [0.15, 0.2) is 42.9 Å². The SMILES string of the molecule is CCn1cncc1CNC(C(=O)O)c1ccccc1. The molecule has 1 aromatic carbocycles. The summed E-state index contributed by atoms with van der Waals surface area (Å²) in [6, 6.07) is 8.45. The third-order valence-corrected chi connectivity index (χ3v) is 3.01. The van der Waals surface area contributed by atoms with Gasteiger partial charge in [0.15, 0.2) is 0 Å². The van der Waals surface area contributed by atoms with Gasteiger partial charge in [-0.2, -0.15) is 0 Å². The Kier molecular flexibility index (Phi) is 4.30. The van der Waals surface area contributed by atoms with E-state index in [-0.39, 0.29) is 0 Å². The molecule has 5 nitrogen and oxygen atoms in total. The van der Waals surface area contributed by atoms with Crippen LogP contribution in [0.1, 0.15) is 24.2 Å². The summed E-state index contributed by atoms with van der Waals surface area (Å²) in [7, 11) is 0. The molecule has 0 fully saturated rings. The van der Waals surface area contributed by atoms with Crippen LogP contribution in [0.4, 0.5) is 0 Å². The van der Waals surface area contributed by atoms with E-state index in [0.717, 1.165) is 17.8 Å². The molecule has 0 bridgehead atoms. The quantitative estimate of drug-likeness (QED) is 0.830. The number of aliphatic carboxylic acids is 1. The van der Waals surface area contributed by atoms with Crippen molar-refractivity contribution in [1.29, 1.82) is 0 Å². The van der Waals surface area contributed by atoms with Gasteiger partial charge in [-0.15, -0.1) is 0 Å². The van der Waals surface area contributed by atoms with Gasteiger partial charge in [0.2, 0.25) is 0 Å². The first-order valence-electron chi connectivity index (χ1n) is 6.22. The van der Waals surface area contributed by atoms with Gasteiger partial charge in [-0.3, -0.25) is 10.1 Å². The summed E-state index contributed by atoms with van der Waals surface area (Å²) < 4.78 is 1.98. The molecule has 0 aliphatic carbocycles. The third-order valence-electron chi connectivity index (χ3n) is 3.01. The van der Waals surface area contributed by atoms with Gasteiger partial charge in [0.1, 0.15) is 6.04 Å². The fourth-order valence-corrected chi connectivity index (χ4v) is 1.98. The second-order valence-electron chi connectivity index (χ2n) is 4.23. The van der Waals surface area contributed by atoms with Crippen molar-refractivity contribution < 1.29 is 9.90 Å². The molecule has 1 heterocycles. The molecule has 0 spiro atoms. The van der Waals surface area contributed by atoms with Crippen molar-refractivity contribution >= 4 is 5.97 Å². The van der Waals surface area contributed by atoms with Crippen LogP contribution in [0.25, 0.3) is 0 Å². The average Bonchev–Trinajstić information content (AvgIpc) is 2.87. The van der Waals surface area contributed by atoms with E-state index in [9.17, 15) is 9.90 Å². The van der Waals surface area contributed by atoms with Crippen LogP contribution in [0, 0.1) is 0 Å². The predicted octanol–water partition coefficient (Wildman–Crippen LogP) is 1.82. The number of hydrogen-bond donors (Lipinski definition) is 2. The number of aromatic nitrogens is 2. The fraction of sp³-hybridized carbons (Fsp3) is 0.286. The molecule has 1 atom stereocenters. The molecular weight excluding hydrogens is 242 g/mol. The Morgan fingerprint density at radius 3 is 2.79 bits per heavy atom. The number of carbonyl (C=O) groups is 1. The van der Waals surface area contributed by atoms with Crippen molar-refractivity contribution in [3.8, 4) is 0 Å². The van der Waals surface area contributed by atoms with Crippen molar-refractivity contribution in [2.24, 2.45) is 0 Å². The van der Waals surface area contributed by atoms with Gasteiger partial charge >= 0.3 is 5.97 Å². The number of aryl methyl sites for hydroxylation is 1. The van der Waals surface area contributed by atoms with Gasteiger partial charge in [-0.25, -0.2) is 4.98 Å². The molecule has 0 saturated heterocycles. The monoisotopic (exact) mass is 259 g/mol. The first kappa shape index (κ1) is 13.3. The lowest BCUT2D eigenvalue weighted by atomic mass is 10.1. The molecule has 100 valence electrons. The molecule has 1 unspecified atom stereocenters. The summed E-state index contributed by atoms with van der Waals surface area (Å²) in [5, 5.41) is 12.3. The maximum absolute atomic E-state index is 11.3. The van der Waals surface area contributed by atoms with E-state index in [0.29, 0.717) is 6.54 Å². The highest BCUT2D eigenvalue weighted by Crippen LogP contribution is 2.13. The molecular formula is C14H17N3O2. The Balaban J connectivity index is 2.09. The Hall–Kier alpha value is -2.14. The first-order chi connectivity index (χ1) is 9.22. The lowest BCUT2D eigenvalue weighted by Gasteiger charge is -2.15. The molecule has 2 aromatic rings. The fourth-order valence-electron chi connectivity index (χ4n) is 1.98. The average molecular weight is 259 g/mol. The molecule has 0 aliphatic rings. The van der Waals surface area contributed by atoms with E-state index in [1.54, 1.807) is 12.5 Å². The van der Waals surface area contributed by atoms with E-state index in [1.807, 2.05) is 41.8 Å². The number of carboxylic acid groups (broad SMARTS) is 1. The summed E-state index contributed by atoms with van der Waals surface area (Å²) in [5.74, 6) is -0.881. The Morgan fingerprint density at radius 1 is 1.42 bits per heavy atom. The number of nitrogens with zero attached hydrogens (tertiary/aromatic N) is 2. The topological polar surface area (TPSA) is 67.2 Å². The number of hydrogen-bond acceptors (Lipinski definition) is 3. The minimum absolute atomic E-state index is 0.472. The van der Waals surface area contributed by atoms with E-state index < -0.39 is 12.0 Å². The van der Waals surface area contributed by atoms with Crippen LogP contribution in [0.3, 0.4) is 0 Å². The molecule has 2 rings (SSSR count). The van der Waals surface area contributed by atoms with Crippen LogP contribution in [-0.4, -0.2) is 20.6 Å². The standard InChI is InChI=1S/C14H17N3O2/c1-2-17-10-15-8-12(17)9-16-13(14(18)19)11-6-4-3-5-7-11/h3-8,10,13,16H,2,9H2,1H3,(H,18,19). The smallest absolute Gasteiger partial charge is 0.325 e. The van der Waals surface area contributed by atoms with Crippen molar-refractivity contribution in [2.45, 2.75) is 26.1 Å². The Bertz CT molecular complexity index is 537. The lowest BCUT2D eigenvalue weighted by molar-refractivity contribution is -0.139.